The van der Waals surface area contributed by atoms with Crippen molar-refractivity contribution in [1.29, 1.82) is 0 Å². The van der Waals surface area contributed by atoms with E-state index in [1.54, 1.807) is 14.2 Å². The number of methoxy groups -OCH3 is 2. The SMILES string of the molecule is CCNC(C)c1ccc(OC)c(COCCCOC)c1. The average molecular weight is 281 g/mol. The standard InChI is InChI=1S/C16H27NO3/c1-5-17-13(2)14-7-8-16(19-4)15(11-14)12-20-10-6-9-18-3/h7-8,11,13,17H,5-6,9-10,12H2,1-4H3. The topological polar surface area (TPSA) is 39.7 Å². The molecule has 1 aromatic carbocycles. The Morgan fingerprint density at radius 3 is 2.65 bits per heavy atom. The molecule has 0 saturated carbocycles. The van der Waals surface area contributed by atoms with Crippen LogP contribution in [0.1, 0.15) is 37.4 Å². The van der Waals surface area contributed by atoms with Gasteiger partial charge in [0.1, 0.15) is 5.75 Å². The van der Waals surface area contributed by atoms with E-state index in [0.717, 1.165) is 30.9 Å². The average Bonchev–Trinajstić information content (AvgIpc) is 2.47. The van der Waals surface area contributed by atoms with Gasteiger partial charge in [0.15, 0.2) is 0 Å². The van der Waals surface area contributed by atoms with Crippen molar-refractivity contribution in [2.75, 3.05) is 34.0 Å². The van der Waals surface area contributed by atoms with Crippen LogP contribution in [0.3, 0.4) is 0 Å². The molecule has 0 aliphatic heterocycles. The molecule has 0 saturated heterocycles. The summed E-state index contributed by atoms with van der Waals surface area (Å²) in [4.78, 5) is 0. The van der Waals surface area contributed by atoms with Crippen LogP contribution < -0.4 is 10.1 Å². The second kappa shape index (κ2) is 9.75. The van der Waals surface area contributed by atoms with Gasteiger partial charge in [-0.2, -0.15) is 0 Å². The summed E-state index contributed by atoms with van der Waals surface area (Å²) in [5, 5.41) is 3.41. The zero-order valence-corrected chi connectivity index (χ0v) is 13.1. The van der Waals surface area contributed by atoms with E-state index >= 15 is 0 Å². The minimum Gasteiger partial charge on any atom is -0.496 e. The molecule has 0 heterocycles. The van der Waals surface area contributed by atoms with E-state index in [1.807, 2.05) is 6.07 Å². The van der Waals surface area contributed by atoms with Crippen molar-refractivity contribution in [2.24, 2.45) is 0 Å². The lowest BCUT2D eigenvalue weighted by Crippen LogP contribution is -2.17. The van der Waals surface area contributed by atoms with Crippen LogP contribution in [0.2, 0.25) is 0 Å². The Morgan fingerprint density at radius 1 is 1.20 bits per heavy atom. The summed E-state index contributed by atoms with van der Waals surface area (Å²) in [6, 6.07) is 6.60. The lowest BCUT2D eigenvalue weighted by molar-refractivity contribution is 0.0916. The molecule has 0 aromatic heterocycles. The summed E-state index contributed by atoms with van der Waals surface area (Å²) >= 11 is 0. The second-order valence-corrected chi connectivity index (χ2v) is 4.75. The molecular weight excluding hydrogens is 254 g/mol. The third-order valence-corrected chi connectivity index (χ3v) is 3.21. The molecule has 4 heteroatoms. The van der Waals surface area contributed by atoms with Crippen molar-refractivity contribution in [1.82, 2.24) is 5.32 Å². The van der Waals surface area contributed by atoms with Gasteiger partial charge < -0.3 is 19.5 Å². The maximum absolute atomic E-state index is 5.68. The highest BCUT2D eigenvalue weighted by Gasteiger charge is 2.09. The van der Waals surface area contributed by atoms with Crippen LogP contribution in [0.25, 0.3) is 0 Å². The third kappa shape index (κ3) is 5.49. The lowest BCUT2D eigenvalue weighted by atomic mass is 10.0. The Morgan fingerprint density at radius 2 is 2.00 bits per heavy atom. The summed E-state index contributed by atoms with van der Waals surface area (Å²) in [5.74, 6) is 0.879. The van der Waals surface area contributed by atoms with E-state index in [4.69, 9.17) is 14.2 Å². The Labute approximate surface area is 122 Å². The van der Waals surface area contributed by atoms with Gasteiger partial charge in [-0.15, -0.1) is 0 Å². The van der Waals surface area contributed by atoms with Crippen LogP contribution in [-0.2, 0) is 16.1 Å². The van der Waals surface area contributed by atoms with E-state index in [1.165, 1.54) is 5.56 Å². The molecule has 1 unspecified atom stereocenters. The molecule has 0 aliphatic carbocycles. The number of ether oxygens (including phenoxy) is 3. The number of benzene rings is 1. The van der Waals surface area contributed by atoms with Crippen molar-refractivity contribution in [3.8, 4) is 5.75 Å². The number of nitrogens with one attached hydrogen (secondary N) is 1. The van der Waals surface area contributed by atoms with E-state index in [0.29, 0.717) is 19.3 Å². The van der Waals surface area contributed by atoms with E-state index < -0.39 is 0 Å². The molecule has 0 amide bonds. The first-order valence-electron chi connectivity index (χ1n) is 7.19. The van der Waals surface area contributed by atoms with Crippen LogP contribution in [0.15, 0.2) is 18.2 Å². The van der Waals surface area contributed by atoms with Crippen molar-refractivity contribution in [3.63, 3.8) is 0 Å². The van der Waals surface area contributed by atoms with Crippen molar-refractivity contribution in [3.05, 3.63) is 29.3 Å². The van der Waals surface area contributed by atoms with Crippen molar-refractivity contribution in [2.45, 2.75) is 32.9 Å². The highest BCUT2D eigenvalue weighted by molar-refractivity contribution is 5.38. The van der Waals surface area contributed by atoms with Gasteiger partial charge in [0.25, 0.3) is 0 Å². The van der Waals surface area contributed by atoms with Crippen LogP contribution in [-0.4, -0.2) is 34.0 Å². The summed E-state index contributed by atoms with van der Waals surface area (Å²) < 4.78 is 16.1. The van der Waals surface area contributed by atoms with Gasteiger partial charge in [0, 0.05) is 31.9 Å². The summed E-state index contributed by atoms with van der Waals surface area (Å²) in [6.07, 6.45) is 0.909. The fourth-order valence-corrected chi connectivity index (χ4v) is 2.09. The van der Waals surface area contributed by atoms with Gasteiger partial charge in [-0.05, 0) is 37.6 Å². The Kier molecular flexibility index (Phi) is 8.26. The molecule has 1 N–H and O–H groups in total. The molecule has 4 nitrogen and oxygen atoms in total. The van der Waals surface area contributed by atoms with Crippen LogP contribution in [0.5, 0.6) is 5.75 Å². The van der Waals surface area contributed by atoms with Gasteiger partial charge >= 0.3 is 0 Å². The minimum atomic E-state index is 0.332. The second-order valence-electron chi connectivity index (χ2n) is 4.75. The molecule has 0 spiro atoms. The lowest BCUT2D eigenvalue weighted by Gasteiger charge is -2.16. The zero-order chi connectivity index (χ0) is 14.8. The monoisotopic (exact) mass is 281 g/mol. The Bertz CT molecular complexity index is 382. The first-order chi connectivity index (χ1) is 9.72. The summed E-state index contributed by atoms with van der Waals surface area (Å²) in [7, 11) is 3.39. The highest BCUT2D eigenvalue weighted by Crippen LogP contribution is 2.24. The third-order valence-electron chi connectivity index (χ3n) is 3.21. The fraction of sp³-hybridized carbons (Fsp3) is 0.625. The van der Waals surface area contributed by atoms with Crippen molar-refractivity contribution >= 4 is 0 Å². The molecule has 0 radical (unpaired) electrons. The molecule has 0 fully saturated rings. The Balaban J connectivity index is 2.63. The normalized spacial score (nSPS) is 12.4. The van der Waals surface area contributed by atoms with E-state index in [-0.39, 0.29) is 0 Å². The summed E-state index contributed by atoms with van der Waals surface area (Å²) in [6.45, 7) is 7.22. The van der Waals surface area contributed by atoms with Crippen molar-refractivity contribution < 1.29 is 14.2 Å². The fourth-order valence-electron chi connectivity index (χ4n) is 2.09. The number of rotatable bonds is 10. The van der Waals surface area contributed by atoms with E-state index in [9.17, 15) is 0 Å². The van der Waals surface area contributed by atoms with E-state index in [2.05, 4.69) is 31.3 Å². The number of hydrogen-bond donors (Lipinski definition) is 1. The molecule has 114 valence electrons. The first-order valence-corrected chi connectivity index (χ1v) is 7.19. The van der Waals surface area contributed by atoms with Crippen LogP contribution in [0.4, 0.5) is 0 Å². The largest absolute Gasteiger partial charge is 0.496 e. The molecular formula is C16H27NO3. The molecule has 0 aliphatic rings. The quantitative estimate of drug-likeness (QED) is 0.669. The van der Waals surface area contributed by atoms with Gasteiger partial charge in [0.2, 0.25) is 0 Å². The molecule has 20 heavy (non-hydrogen) atoms. The molecule has 1 atom stereocenters. The molecule has 0 bridgehead atoms. The van der Waals surface area contributed by atoms with Gasteiger partial charge in [-0.3, -0.25) is 0 Å². The Hall–Kier alpha value is -1.10. The predicted octanol–water partition coefficient (Wildman–Crippen LogP) is 2.92. The highest BCUT2D eigenvalue weighted by atomic mass is 16.5. The maximum atomic E-state index is 5.68. The van der Waals surface area contributed by atoms with Gasteiger partial charge in [-0.25, -0.2) is 0 Å². The van der Waals surface area contributed by atoms with Crippen LogP contribution in [0, 0.1) is 0 Å². The van der Waals surface area contributed by atoms with Gasteiger partial charge in [0.05, 0.1) is 13.7 Å². The zero-order valence-electron chi connectivity index (χ0n) is 13.1. The number of hydrogen-bond acceptors (Lipinski definition) is 4. The molecule has 1 rings (SSSR count). The smallest absolute Gasteiger partial charge is 0.124 e. The summed E-state index contributed by atoms with van der Waals surface area (Å²) in [5.41, 5.74) is 2.34. The predicted molar refractivity (Wildman–Crippen MR) is 81.2 cm³/mol. The molecule has 1 aromatic rings. The maximum Gasteiger partial charge on any atom is 0.124 e. The van der Waals surface area contributed by atoms with Crippen LogP contribution >= 0.6 is 0 Å². The van der Waals surface area contributed by atoms with Gasteiger partial charge in [-0.1, -0.05) is 13.0 Å². The first kappa shape index (κ1) is 17.0. The minimum absolute atomic E-state index is 0.332.